The molecule has 24 heavy (non-hydrogen) atoms. The van der Waals surface area contributed by atoms with Gasteiger partial charge in [-0.2, -0.15) is 4.59 Å². The van der Waals surface area contributed by atoms with Gasteiger partial charge in [-0.25, -0.2) is 0 Å². The molecule has 2 aromatic rings. The van der Waals surface area contributed by atoms with Gasteiger partial charge in [-0.3, -0.25) is 9.47 Å². The van der Waals surface area contributed by atoms with Gasteiger partial charge in [0.05, 0.1) is 25.3 Å². The first-order chi connectivity index (χ1) is 11.6. The van der Waals surface area contributed by atoms with Crippen molar-refractivity contribution in [3.8, 4) is 5.69 Å². The van der Waals surface area contributed by atoms with Crippen LogP contribution in [-0.2, 0) is 0 Å². The number of hydrogen-bond acceptors (Lipinski definition) is 2. The molecule has 4 nitrogen and oxygen atoms in total. The Labute approximate surface area is 144 Å². The number of nitrogens with zero attached hydrogens (tertiary/aromatic N) is 4. The SMILES string of the molecule is Cc1cc2c(n1-c1ccccc1)[N+](C)(C)N=C2CN1CCCCC1. The van der Waals surface area contributed by atoms with Crippen molar-refractivity contribution in [2.75, 3.05) is 33.7 Å². The summed E-state index contributed by atoms with van der Waals surface area (Å²) in [6.07, 6.45) is 4.02. The summed E-state index contributed by atoms with van der Waals surface area (Å²) in [6, 6.07) is 12.9. The highest BCUT2D eigenvalue weighted by Crippen LogP contribution is 2.37. The van der Waals surface area contributed by atoms with E-state index in [0.29, 0.717) is 4.59 Å². The van der Waals surface area contributed by atoms with Gasteiger partial charge in [0.1, 0.15) is 5.71 Å². The van der Waals surface area contributed by atoms with E-state index in [1.807, 2.05) is 0 Å². The van der Waals surface area contributed by atoms with E-state index in [4.69, 9.17) is 5.10 Å². The fourth-order valence-corrected chi connectivity index (χ4v) is 4.13. The van der Waals surface area contributed by atoms with Crippen molar-refractivity contribution in [2.24, 2.45) is 5.10 Å². The molecule has 4 heteroatoms. The number of fused-ring (bicyclic) bond motifs is 1. The van der Waals surface area contributed by atoms with Gasteiger partial charge in [0.15, 0.2) is 0 Å². The summed E-state index contributed by atoms with van der Waals surface area (Å²) in [5.74, 6) is 1.28. The zero-order chi connectivity index (χ0) is 16.7. The van der Waals surface area contributed by atoms with Gasteiger partial charge >= 0.3 is 0 Å². The molecule has 0 aliphatic carbocycles. The van der Waals surface area contributed by atoms with Crippen molar-refractivity contribution < 1.29 is 0 Å². The van der Waals surface area contributed by atoms with E-state index < -0.39 is 0 Å². The van der Waals surface area contributed by atoms with Crippen molar-refractivity contribution in [1.29, 1.82) is 0 Å². The molecule has 0 saturated carbocycles. The fraction of sp³-hybridized carbons (Fsp3) is 0.450. The van der Waals surface area contributed by atoms with Crippen LogP contribution in [0.3, 0.4) is 0 Å². The number of benzene rings is 1. The summed E-state index contributed by atoms with van der Waals surface area (Å²) in [6.45, 7) is 5.59. The monoisotopic (exact) mass is 323 g/mol. The van der Waals surface area contributed by atoms with E-state index in [1.165, 1.54) is 60.8 Å². The second-order valence-electron chi connectivity index (χ2n) is 7.47. The second kappa shape index (κ2) is 5.87. The molecule has 2 aliphatic rings. The van der Waals surface area contributed by atoms with Crippen molar-refractivity contribution in [3.05, 3.63) is 47.7 Å². The maximum absolute atomic E-state index is 5.06. The van der Waals surface area contributed by atoms with Crippen LogP contribution in [-0.4, -0.2) is 48.9 Å². The van der Waals surface area contributed by atoms with Gasteiger partial charge in [-0.15, -0.1) is 0 Å². The summed E-state index contributed by atoms with van der Waals surface area (Å²) in [7, 11) is 4.36. The molecule has 1 aromatic carbocycles. The standard InChI is InChI=1S/C20H27N4/c1-16-14-18-19(15-22-12-8-5-9-13-22)21-24(2,3)20(18)23(16)17-10-6-4-7-11-17/h4,6-7,10-11,14H,5,8-9,12-13,15H2,1-3H3/q+1. The highest BCUT2D eigenvalue weighted by molar-refractivity contribution is 6.09. The number of para-hydroxylation sites is 1. The van der Waals surface area contributed by atoms with E-state index in [0.717, 1.165) is 6.54 Å². The second-order valence-corrected chi connectivity index (χ2v) is 7.47. The molecule has 0 radical (unpaired) electrons. The van der Waals surface area contributed by atoms with Crippen LogP contribution in [0.4, 0.5) is 5.82 Å². The molecule has 0 bridgehead atoms. The molecule has 1 aromatic heterocycles. The third kappa shape index (κ3) is 2.60. The van der Waals surface area contributed by atoms with Crippen molar-refractivity contribution in [1.82, 2.24) is 14.1 Å². The molecule has 0 unspecified atom stereocenters. The van der Waals surface area contributed by atoms with E-state index in [2.05, 4.69) is 66.9 Å². The zero-order valence-corrected chi connectivity index (χ0v) is 15.0. The first-order valence-electron chi connectivity index (χ1n) is 9.00. The topological polar surface area (TPSA) is 20.5 Å². The lowest BCUT2D eigenvalue weighted by molar-refractivity contribution is 0.258. The molecule has 2 aliphatic heterocycles. The summed E-state index contributed by atoms with van der Waals surface area (Å²) in [5.41, 5.74) is 5.07. The molecule has 4 rings (SSSR count). The Morgan fingerprint density at radius 1 is 1.04 bits per heavy atom. The highest BCUT2D eigenvalue weighted by Gasteiger charge is 2.39. The van der Waals surface area contributed by atoms with E-state index in [9.17, 15) is 0 Å². The van der Waals surface area contributed by atoms with Gasteiger partial charge in [0, 0.05) is 12.2 Å². The van der Waals surface area contributed by atoms with Crippen molar-refractivity contribution in [2.45, 2.75) is 26.2 Å². The first-order valence-corrected chi connectivity index (χ1v) is 9.00. The molecular formula is C20H27N4+. The molecule has 126 valence electrons. The Balaban J connectivity index is 1.73. The quantitative estimate of drug-likeness (QED) is 0.791. The van der Waals surface area contributed by atoms with Crippen LogP contribution in [0.2, 0.25) is 0 Å². The number of hydrogen-bond donors (Lipinski definition) is 0. The van der Waals surface area contributed by atoms with Gasteiger partial charge in [0.2, 0.25) is 5.82 Å². The number of aryl methyl sites for hydroxylation is 1. The molecule has 0 amide bonds. The average molecular weight is 323 g/mol. The van der Waals surface area contributed by atoms with Crippen molar-refractivity contribution >= 4 is 11.5 Å². The Morgan fingerprint density at radius 3 is 2.46 bits per heavy atom. The molecule has 3 heterocycles. The average Bonchev–Trinajstić information content (AvgIpc) is 3.04. The highest BCUT2D eigenvalue weighted by atomic mass is 15.6. The lowest BCUT2D eigenvalue weighted by Crippen LogP contribution is -2.36. The van der Waals surface area contributed by atoms with Gasteiger partial charge in [0.25, 0.3) is 0 Å². The minimum absolute atomic E-state index is 0.571. The minimum atomic E-state index is 0.571. The normalized spacial score (nSPS) is 20.0. The predicted molar refractivity (Wildman–Crippen MR) is 101 cm³/mol. The molecule has 1 saturated heterocycles. The van der Waals surface area contributed by atoms with Gasteiger partial charge < -0.3 is 0 Å². The van der Waals surface area contributed by atoms with Crippen LogP contribution < -0.4 is 4.59 Å². The number of likely N-dealkylation sites (tertiary alicyclic amines) is 1. The van der Waals surface area contributed by atoms with Crippen LogP contribution in [0.1, 0.15) is 30.5 Å². The van der Waals surface area contributed by atoms with Gasteiger partial charge in [-0.1, -0.05) is 29.7 Å². The Hall–Kier alpha value is -1.91. The number of aromatic nitrogens is 1. The minimum Gasteiger partial charge on any atom is -0.297 e. The van der Waals surface area contributed by atoms with E-state index in [1.54, 1.807) is 0 Å². The summed E-state index contributed by atoms with van der Waals surface area (Å²) < 4.78 is 2.93. The van der Waals surface area contributed by atoms with Crippen LogP contribution in [0.25, 0.3) is 5.69 Å². The van der Waals surface area contributed by atoms with Crippen LogP contribution in [0.15, 0.2) is 41.5 Å². The number of rotatable bonds is 3. The van der Waals surface area contributed by atoms with E-state index >= 15 is 0 Å². The maximum atomic E-state index is 5.06. The molecule has 0 N–H and O–H groups in total. The first kappa shape index (κ1) is 15.6. The molecule has 1 fully saturated rings. The molecule has 0 spiro atoms. The van der Waals surface area contributed by atoms with Crippen molar-refractivity contribution in [3.63, 3.8) is 0 Å². The summed E-state index contributed by atoms with van der Waals surface area (Å²) in [4.78, 5) is 2.56. The summed E-state index contributed by atoms with van der Waals surface area (Å²) in [5, 5.41) is 5.06. The number of quaternary nitrogens is 1. The lowest BCUT2D eigenvalue weighted by Gasteiger charge is -2.25. The van der Waals surface area contributed by atoms with E-state index in [-0.39, 0.29) is 0 Å². The zero-order valence-electron chi connectivity index (χ0n) is 15.0. The largest absolute Gasteiger partial charge is 0.297 e. The third-order valence-electron chi connectivity index (χ3n) is 5.20. The molecular weight excluding hydrogens is 296 g/mol. The Kier molecular flexibility index (Phi) is 3.82. The van der Waals surface area contributed by atoms with Crippen LogP contribution >= 0.6 is 0 Å². The Morgan fingerprint density at radius 2 is 1.75 bits per heavy atom. The third-order valence-corrected chi connectivity index (χ3v) is 5.20. The lowest BCUT2D eigenvalue weighted by atomic mass is 10.1. The van der Waals surface area contributed by atoms with Crippen LogP contribution in [0, 0.1) is 6.92 Å². The van der Waals surface area contributed by atoms with Gasteiger partial charge in [-0.05, 0) is 51.1 Å². The smallest absolute Gasteiger partial charge is 0.248 e. The Bertz CT molecular complexity index is 764. The number of piperidine rings is 1. The predicted octanol–water partition coefficient (Wildman–Crippen LogP) is 3.56. The van der Waals surface area contributed by atoms with Crippen LogP contribution in [0.5, 0.6) is 0 Å². The fourth-order valence-electron chi connectivity index (χ4n) is 4.13. The summed E-state index contributed by atoms with van der Waals surface area (Å²) >= 11 is 0. The maximum Gasteiger partial charge on any atom is 0.248 e. The molecule has 0 atom stereocenters.